The molecule has 3 aliphatic rings. The van der Waals surface area contributed by atoms with E-state index >= 15 is 0 Å². The molecule has 5 rings (SSSR count). The second-order valence-electron chi connectivity index (χ2n) is 11.8. The van der Waals surface area contributed by atoms with Gasteiger partial charge in [-0.3, -0.25) is 28.9 Å². The molecule has 6 N–H and O–H groups in total. The summed E-state index contributed by atoms with van der Waals surface area (Å²) in [7, 11) is 2.91. The lowest BCUT2D eigenvalue weighted by atomic mass is 9.49. The number of Topliss-reactive ketones (excluding diaryl/α,β-unsaturated/α-hetero) is 4. The third-order valence-electron chi connectivity index (χ3n) is 9.32. The Labute approximate surface area is 242 Å². The van der Waals surface area contributed by atoms with E-state index in [1.807, 2.05) is 30.3 Å². The molecule has 11 heteroatoms. The monoisotopic (exact) mass is 577 g/mol. The number of ketones is 4. The van der Waals surface area contributed by atoms with Crippen molar-refractivity contribution in [1.82, 2.24) is 10.2 Å². The van der Waals surface area contributed by atoms with Crippen LogP contribution >= 0.6 is 0 Å². The minimum absolute atomic E-state index is 0.108. The van der Waals surface area contributed by atoms with Gasteiger partial charge in [-0.1, -0.05) is 49.4 Å². The normalized spacial score (nSPS) is 32.4. The summed E-state index contributed by atoms with van der Waals surface area (Å²) in [6.45, 7) is 2.52. The standard InChI is InChI=1S/C31H35N3O8/c1-14-17-10-9-16(13-33-12-11-15-7-5-4-6-8-15)24(35)19(17)25(36)20-18(14)26(37)22-23(34(2)3)27(38)21(30(32)41)29(40)31(22,42)28(20)39/h4-10,14,18,20-23,26,33,35,37,42H,11-13H2,1-3H3,(H2,32,41)/t14-,18?,20?,21?,22?,23-,26-,31-/m0/s1. The molecule has 11 nitrogen and oxygen atoms in total. The van der Waals surface area contributed by atoms with E-state index in [1.165, 1.54) is 19.0 Å². The van der Waals surface area contributed by atoms with Crippen LogP contribution in [0.3, 0.4) is 0 Å². The number of benzene rings is 2. The Balaban J connectivity index is 1.51. The van der Waals surface area contributed by atoms with Crippen molar-refractivity contribution < 1.29 is 39.3 Å². The van der Waals surface area contributed by atoms with Crippen LogP contribution in [0.4, 0.5) is 0 Å². The van der Waals surface area contributed by atoms with E-state index in [1.54, 1.807) is 19.1 Å². The van der Waals surface area contributed by atoms with Crippen LogP contribution in [0.1, 0.15) is 39.9 Å². The van der Waals surface area contributed by atoms with Crippen LogP contribution in [0.2, 0.25) is 0 Å². The molecule has 42 heavy (non-hydrogen) atoms. The Hall–Kier alpha value is -3.77. The van der Waals surface area contributed by atoms with Gasteiger partial charge in [0.2, 0.25) is 5.91 Å². The van der Waals surface area contributed by atoms with Crippen molar-refractivity contribution in [3.8, 4) is 5.75 Å². The fourth-order valence-electron chi connectivity index (χ4n) is 7.28. The lowest BCUT2D eigenvalue weighted by molar-refractivity contribution is -0.196. The van der Waals surface area contributed by atoms with Crippen molar-refractivity contribution in [3.63, 3.8) is 0 Å². The highest BCUT2D eigenvalue weighted by molar-refractivity contribution is 6.32. The number of aromatic hydroxyl groups is 1. The van der Waals surface area contributed by atoms with Crippen molar-refractivity contribution in [2.75, 3.05) is 20.6 Å². The van der Waals surface area contributed by atoms with Gasteiger partial charge in [0.15, 0.2) is 34.7 Å². The second kappa shape index (κ2) is 10.8. The van der Waals surface area contributed by atoms with Gasteiger partial charge in [-0.2, -0.15) is 0 Å². The molecule has 2 aromatic carbocycles. The molecule has 0 bridgehead atoms. The molecular weight excluding hydrogens is 542 g/mol. The number of nitrogens with two attached hydrogens (primary N) is 1. The van der Waals surface area contributed by atoms with Crippen LogP contribution < -0.4 is 11.1 Å². The number of aliphatic hydroxyl groups is 2. The number of hydrogen-bond acceptors (Lipinski definition) is 10. The van der Waals surface area contributed by atoms with Crippen molar-refractivity contribution in [1.29, 1.82) is 0 Å². The molecule has 0 aromatic heterocycles. The Morgan fingerprint density at radius 1 is 1.05 bits per heavy atom. The third-order valence-corrected chi connectivity index (χ3v) is 9.32. The number of likely N-dealkylation sites (N-methyl/N-ethyl adjacent to an activating group) is 1. The molecule has 4 unspecified atom stereocenters. The van der Waals surface area contributed by atoms with Gasteiger partial charge in [0.05, 0.1) is 29.5 Å². The number of carbonyl (C=O) groups is 5. The first-order valence-corrected chi connectivity index (χ1v) is 14.0. The van der Waals surface area contributed by atoms with Gasteiger partial charge in [0.25, 0.3) is 0 Å². The molecule has 2 saturated carbocycles. The predicted molar refractivity (Wildman–Crippen MR) is 149 cm³/mol. The highest BCUT2D eigenvalue weighted by Gasteiger charge is 2.72. The highest BCUT2D eigenvalue weighted by Crippen LogP contribution is 2.54. The maximum Gasteiger partial charge on any atom is 0.235 e. The molecule has 8 atom stereocenters. The van der Waals surface area contributed by atoms with Crippen LogP contribution in [-0.4, -0.2) is 87.6 Å². The topological polar surface area (TPSA) is 187 Å². The van der Waals surface area contributed by atoms with Gasteiger partial charge in [-0.25, -0.2) is 0 Å². The van der Waals surface area contributed by atoms with Crippen LogP contribution in [0.15, 0.2) is 42.5 Å². The summed E-state index contributed by atoms with van der Waals surface area (Å²) < 4.78 is 0. The Kier molecular flexibility index (Phi) is 7.65. The van der Waals surface area contributed by atoms with E-state index in [0.717, 1.165) is 12.0 Å². The molecule has 2 fully saturated rings. The average Bonchev–Trinajstić information content (AvgIpc) is 2.94. The number of phenols is 1. The summed E-state index contributed by atoms with van der Waals surface area (Å²) in [5.41, 5.74) is 4.19. The first-order valence-electron chi connectivity index (χ1n) is 14.0. The van der Waals surface area contributed by atoms with Crippen molar-refractivity contribution in [3.05, 3.63) is 64.7 Å². The number of carbonyl (C=O) groups excluding carboxylic acids is 5. The summed E-state index contributed by atoms with van der Waals surface area (Å²) in [5, 5.41) is 37.8. The second-order valence-corrected chi connectivity index (χ2v) is 11.8. The maximum absolute atomic E-state index is 14.0. The minimum atomic E-state index is -3.01. The summed E-state index contributed by atoms with van der Waals surface area (Å²) in [6.07, 6.45) is -0.907. The van der Waals surface area contributed by atoms with Crippen LogP contribution in [0.5, 0.6) is 5.75 Å². The van der Waals surface area contributed by atoms with Gasteiger partial charge in [-0.05, 0) is 44.1 Å². The predicted octanol–water partition coefficient (Wildman–Crippen LogP) is -0.269. The molecule has 1 amide bonds. The van der Waals surface area contributed by atoms with Gasteiger partial charge in [-0.15, -0.1) is 0 Å². The van der Waals surface area contributed by atoms with Gasteiger partial charge >= 0.3 is 0 Å². The smallest absolute Gasteiger partial charge is 0.235 e. The minimum Gasteiger partial charge on any atom is -0.507 e. The van der Waals surface area contributed by atoms with Gasteiger partial charge < -0.3 is 26.4 Å². The lowest BCUT2D eigenvalue weighted by Gasteiger charge is -2.56. The molecule has 0 heterocycles. The molecule has 3 aliphatic carbocycles. The first kappa shape index (κ1) is 29.7. The van der Waals surface area contributed by atoms with Crippen LogP contribution in [-0.2, 0) is 32.1 Å². The van der Waals surface area contributed by atoms with Crippen molar-refractivity contribution >= 4 is 29.0 Å². The number of hydrogen-bond donors (Lipinski definition) is 5. The summed E-state index contributed by atoms with van der Waals surface area (Å²) in [4.78, 5) is 68.2. The zero-order valence-electron chi connectivity index (χ0n) is 23.6. The molecule has 0 radical (unpaired) electrons. The molecule has 0 spiro atoms. The number of amides is 1. The number of nitrogens with one attached hydrogen (secondary N) is 1. The molecule has 0 saturated heterocycles. The molecular formula is C31H35N3O8. The summed E-state index contributed by atoms with van der Waals surface area (Å²) in [5.74, 6) is -13.2. The highest BCUT2D eigenvalue weighted by atomic mass is 16.3. The lowest BCUT2D eigenvalue weighted by Crippen LogP contribution is -2.77. The maximum atomic E-state index is 14.0. The van der Waals surface area contributed by atoms with E-state index in [9.17, 15) is 39.3 Å². The SMILES string of the molecule is C[C@H]1c2ccc(CNCCc3ccccc3)c(O)c2C(=O)C2C(=O)[C@]3(O)C(=O)C(C(N)=O)C(=O)[C@@H](N(C)C)C3[C@@H](O)C21. The van der Waals surface area contributed by atoms with Gasteiger partial charge in [0, 0.05) is 18.0 Å². The zero-order valence-corrected chi connectivity index (χ0v) is 23.6. The number of aliphatic hydroxyl groups excluding tert-OH is 1. The van der Waals surface area contributed by atoms with Gasteiger partial charge in [0.1, 0.15) is 5.75 Å². The largest absolute Gasteiger partial charge is 0.507 e. The van der Waals surface area contributed by atoms with Crippen LogP contribution in [0, 0.1) is 23.7 Å². The van der Waals surface area contributed by atoms with E-state index in [-0.39, 0.29) is 17.9 Å². The third kappa shape index (κ3) is 4.30. The van der Waals surface area contributed by atoms with Crippen molar-refractivity contribution in [2.24, 2.45) is 29.4 Å². The Bertz CT molecular complexity index is 1470. The molecule has 222 valence electrons. The van der Waals surface area contributed by atoms with E-state index in [4.69, 9.17) is 5.73 Å². The first-order chi connectivity index (χ1) is 19.8. The number of primary amides is 1. The quantitative estimate of drug-likeness (QED) is 0.217. The van der Waals surface area contributed by atoms with Crippen molar-refractivity contribution in [2.45, 2.75) is 43.6 Å². The number of phenolic OH excluding ortho intramolecular Hbond substituents is 1. The average molecular weight is 578 g/mol. The fourth-order valence-corrected chi connectivity index (χ4v) is 7.28. The molecule has 2 aromatic rings. The Morgan fingerprint density at radius 2 is 1.71 bits per heavy atom. The van der Waals surface area contributed by atoms with E-state index in [0.29, 0.717) is 17.7 Å². The fraction of sp³-hybridized carbons (Fsp3) is 0.452. The number of rotatable bonds is 7. The number of fused-ring (bicyclic) bond motifs is 3. The summed E-state index contributed by atoms with van der Waals surface area (Å²) >= 11 is 0. The summed E-state index contributed by atoms with van der Waals surface area (Å²) in [6, 6.07) is 11.8. The van der Waals surface area contributed by atoms with E-state index in [2.05, 4.69) is 5.32 Å². The van der Waals surface area contributed by atoms with E-state index < -0.39 is 76.4 Å². The van der Waals surface area contributed by atoms with Crippen LogP contribution in [0.25, 0.3) is 0 Å². The zero-order chi connectivity index (χ0) is 30.7. The Morgan fingerprint density at radius 3 is 2.33 bits per heavy atom. The molecule has 0 aliphatic heterocycles. The number of nitrogens with zero attached hydrogens (tertiary/aromatic N) is 1.